The Morgan fingerprint density at radius 3 is 2.46 bits per heavy atom. The SMILES string of the molecule is Oc1cccc(-c2cs/c(=N\N=C/c3ccc(Cl)cc3)n2-c2ccccc2)c1. The van der Waals surface area contributed by atoms with E-state index in [-0.39, 0.29) is 5.75 Å². The van der Waals surface area contributed by atoms with Gasteiger partial charge in [-0.2, -0.15) is 5.10 Å². The molecule has 0 aliphatic rings. The van der Waals surface area contributed by atoms with Crippen LogP contribution in [0.25, 0.3) is 16.9 Å². The van der Waals surface area contributed by atoms with Gasteiger partial charge in [0.15, 0.2) is 0 Å². The van der Waals surface area contributed by atoms with Crippen LogP contribution in [0.3, 0.4) is 0 Å². The number of rotatable bonds is 4. The van der Waals surface area contributed by atoms with Crippen LogP contribution in [0.2, 0.25) is 5.02 Å². The Hall–Kier alpha value is -3.15. The molecule has 0 fully saturated rings. The minimum absolute atomic E-state index is 0.225. The molecule has 0 radical (unpaired) electrons. The average molecular weight is 406 g/mol. The molecule has 4 aromatic rings. The number of aromatic nitrogens is 1. The van der Waals surface area contributed by atoms with Crippen LogP contribution in [0.4, 0.5) is 0 Å². The van der Waals surface area contributed by atoms with Crippen LogP contribution in [0.15, 0.2) is 94.4 Å². The van der Waals surface area contributed by atoms with Gasteiger partial charge in [0, 0.05) is 21.7 Å². The first-order chi connectivity index (χ1) is 13.7. The standard InChI is InChI=1S/C22H16ClN3OS/c23-18-11-9-16(10-12-18)14-24-25-22-26(19-6-2-1-3-7-19)21(15-28-22)17-5-4-8-20(27)13-17/h1-15,27H/b24-14-,25-22-. The van der Waals surface area contributed by atoms with E-state index in [2.05, 4.69) is 10.2 Å². The van der Waals surface area contributed by atoms with Gasteiger partial charge in [0.05, 0.1) is 11.9 Å². The van der Waals surface area contributed by atoms with Crippen molar-refractivity contribution in [2.24, 2.45) is 10.2 Å². The van der Waals surface area contributed by atoms with Crippen LogP contribution >= 0.6 is 22.9 Å². The lowest BCUT2D eigenvalue weighted by atomic mass is 10.1. The van der Waals surface area contributed by atoms with E-state index in [0.29, 0.717) is 5.02 Å². The molecule has 0 bridgehead atoms. The van der Waals surface area contributed by atoms with Crippen LogP contribution in [0.1, 0.15) is 5.56 Å². The molecular formula is C22H16ClN3OS. The van der Waals surface area contributed by atoms with Gasteiger partial charge in [-0.3, -0.25) is 4.57 Å². The zero-order chi connectivity index (χ0) is 19.3. The van der Waals surface area contributed by atoms with Crippen LogP contribution in [-0.2, 0) is 0 Å². The lowest BCUT2D eigenvalue weighted by Gasteiger charge is -2.09. The van der Waals surface area contributed by atoms with Crippen molar-refractivity contribution < 1.29 is 5.11 Å². The van der Waals surface area contributed by atoms with Gasteiger partial charge in [0.25, 0.3) is 0 Å². The lowest BCUT2D eigenvalue weighted by Crippen LogP contribution is -2.13. The van der Waals surface area contributed by atoms with Gasteiger partial charge in [0.1, 0.15) is 5.75 Å². The Labute approximate surface area is 171 Å². The Morgan fingerprint density at radius 1 is 0.929 bits per heavy atom. The van der Waals surface area contributed by atoms with E-state index in [1.165, 1.54) is 11.3 Å². The molecule has 0 atom stereocenters. The van der Waals surface area contributed by atoms with Crippen LogP contribution in [-0.4, -0.2) is 15.9 Å². The molecule has 1 aromatic heterocycles. The van der Waals surface area contributed by atoms with Gasteiger partial charge in [-0.1, -0.05) is 54.1 Å². The maximum atomic E-state index is 9.87. The van der Waals surface area contributed by atoms with Gasteiger partial charge in [-0.15, -0.1) is 16.4 Å². The highest BCUT2D eigenvalue weighted by Crippen LogP contribution is 2.26. The Balaban J connectivity index is 1.80. The van der Waals surface area contributed by atoms with Crippen molar-refractivity contribution in [1.82, 2.24) is 4.57 Å². The van der Waals surface area contributed by atoms with E-state index < -0.39 is 0 Å². The molecule has 0 aliphatic carbocycles. The minimum Gasteiger partial charge on any atom is -0.508 e. The Morgan fingerprint density at radius 2 is 1.71 bits per heavy atom. The second kappa shape index (κ2) is 8.25. The highest BCUT2D eigenvalue weighted by molar-refractivity contribution is 7.07. The highest BCUT2D eigenvalue weighted by atomic mass is 35.5. The maximum Gasteiger partial charge on any atom is 0.215 e. The third-order valence-corrected chi connectivity index (χ3v) is 5.15. The fourth-order valence-electron chi connectivity index (χ4n) is 2.77. The molecule has 0 amide bonds. The summed E-state index contributed by atoms with van der Waals surface area (Å²) in [4.78, 5) is 0.731. The highest BCUT2D eigenvalue weighted by Gasteiger charge is 2.10. The van der Waals surface area contributed by atoms with Gasteiger partial charge < -0.3 is 5.11 Å². The fraction of sp³-hybridized carbons (Fsp3) is 0. The minimum atomic E-state index is 0.225. The van der Waals surface area contributed by atoms with Gasteiger partial charge >= 0.3 is 0 Å². The molecule has 6 heteroatoms. The number of benzene rings is 3. The zero-order valence-corrected chi connectivity index (χ0v) is 16.3. The second-order valence-electron chi connectivity index (χ2n) is 6.02. The summed E-state index contributed by atoms with van der Waals surface area (Å²) in [5.41, 5.74) is 3.74. The first-order valence-corrected chi connectivity index (χ1v) is 9.84. The van der Waals surface area contributed by atoms with E-state index in [4.69, 9.17) is 11.6 Å². The van der Waals surface area contributed by atoms with Crippen molar-refractivity contribution in [3.05, 3.63) is 99.6 Å². The number of phenolic OH excluding ortho intramolecular Hbond substituents is 1. The molecule has 138 valence electrons. The molecule has 1 N–H and O–H groups in total. The molecule has 0 spiro atoms. The van der Waals surface area contributed by atoms with Gasteiger partial charge in [-0.25, -0.2) is 0 Å². The van der Waals surface area contributed by atoms with Gasteiger partial charge in [0.2, 0.25) is 4.80 Å². The van der Waals surface area contributed by atoms with Crippen molar-refractivity contribution in [2.75, 3.05) is 0 Å². The molecule has 0 unspecified atom stereocenters. The molecule has 4 rings (SSSR count). The summed E-state index contributed by atoms with van der Waals surface area (Å²) in [6, 6.07) is 24.6. The third-order valence-electron chi connectivity index (χ3n) is 4.08. The number of hydrogen-bond donors (Lipinski definition) is 1. The van der Waals surface area contributed by atoms with Crippen molar-refractivity contribution in [1.29, 1.82) is 0 Å². The largest absolute Gasteiger partial charge is 0.508 e. The first-order valence-electron chi connectivity index (χ1n) is 8.59. The van der Waals surface area contributed by atoms with Crippen molar-refractivity contribution in [2.45, 2.75) is 0 Å². The summed E-state index contributed by atoms with van der Waals surface area (Å²) in [5, 5.41) is 21.2. The van der Waals surface area contributed by atoms with E-state index in [1.807, 2.05) is 76.7 Å². The molecule has 0 saturated carbocycles. The molecule has 0 saturated heterocycles. The number of phenols is 1. The smallest absolute Gasteiger partial charge is 0.215 e. The first kappa shape index (κ1) is 18.2. The Kier molecular flexibility index (Phi) is 5.37. The molecule has 1 heterocycles. The van der Waals surface area contributed by atoms with Crippen LogP contribution in [0.5, 0.6) is 5.75 Å². The monoisotopic (exact) mass is 405 g/mol. The van der Waals surface area contributed by atoms with E-state index in [0.717, 1.165) is 27.3 Å². The number of hydrogen-bond acceptors (Lipinski definition) is 4. The third kappa shape index (κ3) is 4.06. The predicted octanol–water partition coefficient (Wildman–Crippen LogP) is 5.50. The van der Waals surface area contributed by atoms with E-state index >= 15 is 0 Å². The van der Waals surface area contributed by atoms with E-state index in [9.17, 15) is 5.11 Å². The zero-order valence-electron chi connectivity index (χ0n) is 14.7. The Bertz CT molecular complexity index is 1180. The second-order valence-corrected chi connectivity index (χ2v) is 7.29. The average Bonchev–Trinajstić information content (AvgIpc) is 3.14. The molecule has 3 aromatic carbocycles. The van der Waals surface area contributed by atoms with Crippen LogP contribution in [0, 0.1) is 0 Å². The van der Waals surface area contributed by atoms with Crippen molar-refractivity contribution in [3.8, 4) is 22.7 Å². The van der Waals surface area contributed by atoms with Crippen molar-refractivity contribution in [3.63, 3.8) is 0 Å². The molecule has 28 heavy (non-hydrogen) atoms. The summed E-state index contributed by atoms with van der Waals surface area (Å²) in [6.07, 6.45) is 1.69. The number of aromatic hydroxyl groups is 1. The molecular weight excluding hydrogens is 390 g/mol. The van der Waals surface area contributed by atoms with Crippen LogP contribution < -0.4 is 4.80 Å². The van der Waals surface area contributed by atoms with Gasteiger partial charge in [-0.05, 0) is 42.0 Å². The number of nitrogens with zero attached hydrogens (tertiary/aromatic N) is 3. The van der Waals surface area contributed by atoms with E-state index in [1.54, 1.807) is 18.3 Å². The fourth-order valence-corrected chi connectivity index (χ4v) is 3.76. The number of para-hydroxylation sites is 1. The predicted molar refractivity (Wildman–Crippen MR) is 115 cm³/mol. The normalized spacial score (nSPS) is 12.0. The number of thiazole rings is 1. The summed E-state index contributed by atoms with van der Waals surface area (Å²) in [5.74, 6) is 0.225. The number of halogens is 1. The topological polar surface area (TPSA) is 49.9 Å². The molecule has 0 aliphatic heterocycles. The summed E-state index contributed by atoms with van der Waals surface area (Å²) < 4.78 is 2.03. The quantitative estimate of drug-likeness (QED) is 0.353. The summed E-state index contributed by atoms with van der Waals surface area (Å²) >= 11 is 7.40. The summed E-state index contributed by atoms with van der Waals surface area (Å²) in [6.45, 7) is 0. The summed E-state index contributed by atoms with van der Waals surface area (Å²) in [7, 11) is 0. The lowest BCUT2D eigenvalue weighted by molar-refractivity contribution is 0.475. The van der Waals surface area contributed by atoms with Crippen molar-refractivity contribution >= 4 is 29.2 Å². The molecule has 4 nitrogen and oxygen atoms in total. The maximum absolute atomic E-state index is 9.87.